The van der Waals surface area contributed by atoms with Crippen molar-refractivity contribution in [2.75, 3.05) is 26.7 Å². The van der Waals surface area contributed by atoms with Crippen LogP contribution in [0.5, 0.6) is 17.2 Å². The van der Waals surface area contributed by atoms with Gasteiger partial charge in [-0.15, -0.1) is 21.5 Å². The van der Waals surface area contributed by atoms with E-state index in [0.29, 0.717) is 61.9 Å². The summed E-state index contributed by atoms with van der Waals surface area (Å²) in [5.41, 5.74) is 1.37. The Morgan fingerprint density at radius 3 is 2.87 bits per heavy atom. The maximum atomic E-state index is 12.9. The highest BCUT2D eigenvalue weighted by atomic mass is 32.1. The molecule has 1 fully saturated rings. The van der Waals surface area contributed by atoms with Crippen LogP contribution in [0.25, 0.3) is 0 Å². The van der Waals surface area contributed by atoms with Gasteiger partial charge in [0.1, 0.15) is 27.3 Å². The Morgan fingerprint density at radius 2 is 2.05 bits per heavy atom. The Kier molecular flexibility index (Phi) is 8.70. The molecule has 0 spiro atoms. The summed E-state index contributed by atoms with van der Waals surface area (Å²) in [4.78, 5) is 28.0. The molecular formula is C28H33N5O5S. The SMILES string of the molecule is COc1cc2cc(c1)C(=O)NCCCC(=O)N[C@H]1CN(Cc3nnc(C)s3)CC[C@@H]1OCc1cccc(c1)O2. The number of methoxy groups -OCH3 is 1. The zero-order valence-electron chi connectivity index (χ0n) is 22.1. The van der Waals surface area contributed by atoms with Crippen LogP contribution in [0.4, 0.5) is 0 Å². The molecule has 2 atom stereocenters. The van der Waals surface area contributed by atoms with Crippen LogP contribution < -0.4 is 20.1 Å². The lowest BCUT2D eigenvalue weighted by Crippen LogP contribution is -2.55. The van der Waals surface area contributed by atoms with Crippen molar-refractivity contribution in [1.29, 1.82) is 0 Å². The van der Waals surface area contributed by atoms with Crippen LogP contribution in [-0.2, 0) is 22.7 Å². The first-order valence-corrected chi connectivity index (χ1v) is 13.9. The third-order valence-corrected chi connectivity index (χ3v) is 7.57. The van der Waals surface area contributed by atoms with Crippen LogP contribution in [-0.4, -0.2) is 65.8 Å². The van der Waals surface area contributed by atoms with Crippen molar-refractivity contribution in [3.05, 3.63) is 63.6 Å². The molecule has 2 N–H and O–H groups in total. The normalized spacial score (nSPS) is 21.0. The number of rotatable bonds is 3. The molecule has 2 aromatic carbocycles. The third kappa shape index (κ3) is 7.31. The van der Waals surface area contributed by atoms with Gasteiger partial charge in [0.25, 0.3) is 5.91 Å². The third-order valence-electron chi connectivity index (χ3n) is 6.75. The number of carbonyl (C=O) groups excluding carboxylic acids is 2. The Balaban J connectivity index is 1.34. The number of piperidine rings is 1. The number of hydrogen-bond acceptors (Lipinski definition) is 9. The van der Waals surface area contributed by atoms with Crippen LogP contribution in [0, 0.1) is 6.92 Å². The summed E-state index contributed by atoms with van der Waals surface area (Å²) in [6.07, 6.45) is 1.46. The predicted molar refractivity (Wildman–Crippen MR) is 146 cm³/mol. The summed E-state index contributed by atoms with van der Waals surface area (Å²) in [5, 5.41) is 16.4. The zero-order chi connectivity index (χ0) is 27.2. The van der Waals surface area contributed by atoms with Crippen LogP contribution in [0.1, 0.15) is 45.2 Å². The van der Waals surface area contributed by atoms with E-state index in [1.807, 2.05) is 31.2 Å². The molecule has 206 valence electrons. The van der Waals surface area contributed by atoms with Crippen LogP contribution in [0.2, 0.25) is 0 Å². The summed E-state index contributed by atoms with van der Waals surface area (Å²) in [6, 6.07) is 12.6. The lowest BCUT2D eigenvalue weighted by atomic mass is 10.0. The van der Waals surface area contributed by atoms with Gasteiger partial charge in [-0.3, -0.25) is 14.5 Å². The second-order valence-corrected chi connectivity index (χ2v) is 11.0. The van der Waals surface area contributed by atoms with E-state index in [4.69, 9.17) is 14.2 Å². The van der Waals surface area contributed by atoms with Crippen LogP contribution >= 0.6 is 11.3 Å². The van der Waals surface area contributed by atoms with Crippen LogP contribution in [0.15, 0.2) is 42.5 Å². The molecule has 10 nitrogen and oxygen atoms in total. The molecule has 3 aromatic rings. The fraction of sp³-hybridized carbons (Fsp3) is 0.429. The van der Waals surface area contributed by atoms with Gasteiger partial charge in [-0.2, -0.15) is 0 Å². The van der Waals surface area contributed by atoms with Gasteiger partial charge in [0, 0.05) is 37.7 Å². The minimum atomic E-state index is -0.252. The number of ether oxygens (including phenoxy) is 3. The first kappa shape index (κ1) is 27.0. The minimum Gasteiger partial charge on any atom is -0.497 e. The number of hydrogen-bond donors (Lipinski definition) is 2. The van der Waals surface area contributed by atoms with Crippen LogP contribution in [0.3, 0.4) is 0 Å². The van der Waals surface area contributed by atoms with Crippen molar-refractivity contribution in [3.63, 3.8) is 0 Å². The Bertz CT molecular complexity index is 1320. The first-order valence-electron chi connectivity index (χ1n) is 13.1. The van der Waals surface area contributed by atoms with Crippen molar-refractivity contribution in [2.24, 2.45) is 0 Å². The summed E-state index contributed by atoms with van der Waals surface area (Å²) in [6.45, 7) is 4.89. The fourth-order valence-corrected chi connectivity index (χ4v) is 5.57. The Hall–Kier alpha value is -3.54. The molecule has 0 aliphatic carbocycles. The molecule has 2 aliphatic rings. The monoisotopic (exact) mass is 551 g/mol. The number of nitrogens with one attached hydrogen (secondary N) is 2. The number of benzene rings is 2. The van der Waals surface area contributed by atoms with E-state index < -0.39 is 0 Å². The van der Waals surface area contributed by atoms with Crippen molar-refractivity contribution >= 4 is 23.2 Å². The number of carbonyl (C=O) groups is 2. The van der Waals surface area contributed by atoms with Gasteiger partial charge < -0.3 is 24.8 Å². The summed E-state index contributed by atoms with van der Waals surface area (Å²) in [7, 11) is 1.55. The number of likely N-dealkylation sites (tertiary alicyclic amines) is 1. The first-order chi connectivity index (χ1) is 18.9. The van der Waals surface area contributed by atoms with E-state index >= 15 is 0 Å². The van der Waals surface area contributed by atoms with E-state index in [0.717, 1.165) is 28.5 Å². The minimum absolute atomic E-state index is 0.0587. The molecule has 3 heterocycles. The average molecular weight is 552 g/mol. The highest BCUT2D eigenvalue weighted by Gasteiger charge is 2.31. The highest BCUT2D eigenvalue weighted by molar-refractivity contribution is 7.11. The Labute approximate surface area is 231 Å². The molecule has 2 amide bonds. The number of fused-ring (bicyclic) bond motifs is 5. The van der Waals surface area contributed by atoms with Gasteiger partial charge in [-0.25, -0.2) is 0 Å². The summed E-state index contributed by atoms with van der Waals surface area (Å²) in [5.74, 6) is 1.33. The lowest BCUT2D eigenvalue weighted by molar-refractivity contribution is -0.124. The van der Waals surface area contributed by atoms with Gasteiger partial charge in [-0.1, -0.05) is 12.1 Å². The molecule has 2 aliphatic heterocycles. The summed E-state index contributed by atoms with van der Waals surface area (Å²) >= 11 is 1.59. The fourth-order valence-electron chi connectivity index (χ4n) is 4.82. The molecule has 1 saturated heterocycles. The standard InChI is InChI=1S/C28H33N5O5S/c1-18-31-32-27(39-18)16-33-10-8-25-24(15-33)30-26(34)7-4-9-29-28(35)20-12-22(36-2)14-23(13-20)38-21-6-3-5-19(11-21)17-37-25/h3,5-6,11-14,24-25H,4,7-10,15-17H2,1-2H3,(H,29,35)(H,30,34)/t24-,25-/m0/s1. The molecule has 39 heavy (non-hydrogen) atoms. The average Bonchev–Trinajstić information content (AvgIpc) is 3.34. The van der Waals surface area contributed by atoms with E-state index in [9.17, 15) is 9.59 Å². The molecule has 1 aromatic heterocycles. The van der Waals surface area contributed by atoms with Crippen molar-refractivity contribution in [3.8, 4) is 17.2 Å². The van der Waals surface area contributed by atoms with Crippen molar-refractivity contribution in [2.45, 2.75) is 51.5 Å². The molecule has 5 rings (SSSR count). The zero-order valence-corrected chi connectivity index (χ0v) is 23.0. The largest absolute Gasteiger partial charge is 0.497 e. The quantitative estimate of drug-likeness (QED) is 0.509. The van der Waals surface area contributed by atoms with Gasteiger partial charge in [0.2, 0.25) is 5.91 Å². The Morgan fingerprint density at radius 1 is 1.15 bits per heavy atom. The number of amides is 2. The van der Waals surface area contributed by atoms with E-state index in [1.165, 1.54) is 0 Å². The van der Waals surface area contributed by atoms with Gasteiger partial charge >= 0.3 is 0 Å². The second-order valence-electron chi connectivity index (χ2n) is 9.77. The molecular weight excluding hydrogens is 518 g/mol. The number of aromatic nitrogens is 2. The molecule has 0 unspecified atom stereocenters. The van der Waals surface area contributed by atoms with E-state index in [2.05, 4.69) is 25.7 Å². The molecule has 4 bridgehead atoms. The summed E-state index contributed by atoms with van der Waals surface area (Å²) < 4.78 is 17.9. The molecule has 0 saturated carbocycles. The number of nitrogens with zero attached hydrogens (tertiary/aromatic N) is 3. The van der Waals surface area contributed by atoms with Gasteiger partial charge in [0.05, 0.1) is 32.4 Å². The van der Waals surface area contributed by atoms with Crippen molar-refractivity contribution in [1.82, 2.24) is 25.7 Å². The van der Waals surface area contributed by atoms with E-state index in [-0.39, 0.29) is 24.0 Å². The topological polar surface area (TPSA) is 115 Å². The van der Waals surface area contributed by atoms with Gasteiger partial charge in [-0.05, 0) is 49.6 Å². The second kappa shape index (κ2) is 12.5. The maximum absolute atomic E-state index is 12.9. The molecule has 0 radical (unpaired) electrons. The van der Waals surface area contributed by atoms with E-state index in [1.54, 1.807) is 36.6 Å². The van der Waals surface area contributed by atoms with Crippen molar-refractivity contribution < 1.29 is 23.8 Å². The molecule has 11 heteroatoms. The number of aryl methyl sites for hydroxylation is 1. The maximum Gasteiger partial charge on any atom is 0.251 e. The predicted octanol–water partition coefficient (Wildman–Crippen LogP) is 3.45. The smallest absolute Gasteiger partial charge is 0.251 e. The highest BCUT2D eigenvalue weighted by Crippen LogP contribution is 2.29. The lowest BCUT2D eigenvalue weighted by Gasteiger charge is -2.38. The van der Waals surface area contributed by atoms with Gasteiger partial charge in [0.15, 0.2) is 0 Å².